The van der Waals surface area contributed by atoms with Gasteiger partial charge < -0.3 is 4.74 Å². The summed E-state index contributed by atoms with van der Waals surface area (Å²) in [6.07, 6.45) is 3.31. The second kappa shape index (κ2) is 5.44. The van der Waals surface area contributed by atoms with Gasteiger partial charge in [0.15, 0.2) is 0 Å². The van der Waals surface area contributed by atoms with Crippen molar-refractivity contribution in [1.29, 1.82) is 0 Å². The highest BCUT2D eigenvalue weighted by molar-refractivity contribution is 8.00. The molecule has 0 bridgehead atoms. The van der Waals surface area contributed by atoms with Crippen LogP contribution >= 0.6 is 11.8 Å². The first-order chi connectivity index (χ1) is 6.65. The summed E-state index contributed by atoms with van der Waals surface area (Å²) in [6.45, 7) is 6.36. The van der Waals surface area contributed by atoms with Crippen LogP contribution in [0.15, 0.2) is 11.6 Å². The summed E-state index contributed by atoms with van der Waals surface area (Å²) in [7, 11) is 0. The Morgan fingerprint density at radius 3 is 2.86 bits per heavy atom. The van der Waals surface area contributed by atoms with Crippen LogP contribution in [0.25, 0.3) is 0 Å². The molecule has 0 aromatic rings. The first-order valence-electron chi connectivity index (χ1n) is 5.12. The number of hydrogen-bond donors (Lipinski definition) is 0. The molecule has 0 saturated carbocycles. The SMILES string of the molecule is CCOC(=O)/C(C)=C/C1SCCC1C. The minimum Gasteiger partial charge on any atom is -0.463 e. The average Bonchev–Trinajstić information content (AvgIpc) is 2.52. The van der Waals surface area contributed by atoms with Gasteiger partial charge in [-0.3, -0.25) is 0 Å². The zero-order valence-electron chi connectivity index (χ0n) is 9.08. The highest BCUT2D eigenvalue weighted by atomic mass is 32.2. The Balaban J connectivity index is 2.53. The summed E-state index contributed by atoms with van der Waals surface area (Å²) in [5.41, 5.74) is 0.748. The molecule has 3 heteroatoms. The van der Waals surface area contributed by atoms with E-state index in [9.17, 15) is 4.79 Å². The van der Waals surface area contributed by atoms with Crippen molar-refractivity contribution in [3.05, 3.63) is 11.6 Å². The second-order valence-corrected chi connectivity index (χ2v) is 4.96. The molecule has 1 fully saturated rings. The Morgan fingerprint density at radius 1 is 1.64 bits per heavy atom. The molecule has 1 saturated heterocycles. The van der Waals surface area contributed by atoms with Crippen molar-refractivity contribution in [2.45, 2.75) is 32.4 Å². The van der Waals surface area contributed by atoms with Gasteiger partial charge in [0.05, 0.1) is 6.61 Å². The van der Waals surface area contributed by atoms with E-state index in [2.05, 4.69) is 13.0 Å². The third-order valence-corrected chi connectivity index (χ3v) is 3.91. The lowest BCUT2D eigenvalue weighted by Gasteiger charge is -2.10. The van der Waals surface area contributed by atoms with Gasteiger partial charge in [0.2, 0.25) is 0 Å². The molecule has 0 spiro atoms. The Kier molecular flexibility index (Phi) is 4.52. The summed E-state index contributed by atoms with van der Waals surface area (Å²) < 4.78 is 4.93. The first-order valence-corrected chi connectivity index (χ1v) is 6.17. The minimum absolute atomic E-state index is 0.174. The van der Waals surface area contributed by atoms with Gasteiger partial charge >= 0.3 is 5.97 Å². The summed E-state index contributed by atoms with van der Waals surface area (Å²) in [5.74, 6) is 1.72. The molecule has 0 aromatic carbocycles. The van der Waals surface area contributed by atoms with Gasteiger partial charge in [-0.2, -0.15) is 11.8 Å². The van der Waals surface area contributed by atoms with Crippen LogP contribution in [0.3, 0.4) is 0 Å². The molecule has 0 radical (unpaired) electrons. The van der Waals surface area contributed by atoms with Crippen molar-refractivity contribution in [2.75, 3.05) is 12.4 Å². The maximum atomic E-state index is 11.3. The first kappa shape index (κ1) is 11.6. The number of ether oxygens (including phenoxy) is 1. The maximum absolute atomic E-state index is 11.3. The fraction of sp³-hybridized carbons (Fsp3) is 0.727. The molecular formula is C11H18O2S. The van der Waals surface area contributed by atoms with Crippen molar-refractivity contribution >= 4 is 17.7 Å². The molecule has 1 aliphatic rings. The van der Waals surface area contributed by atoms with E-state index in [0.717, 1.165) is 5.57 Å². The third-order valence-electron chi connectivity index (χ3n) is 2.46. The van der Waals surface area contributed by atoms with Crippen molar-refractivity contribution in [3.63, 3.8) is 0 Å². The zero-order chi connectivity index (χ0) is 10.6. The lowest BCUT2D eigenvalue weighted by Crippen LogP contribution is -2.10. The Bertz CT molecular complexity index is 235. The van der Waals surface area contributed by atoms with Gasteiger partial charge in [-0.15, -0.1) is 0 Å². The van der Waals surface area contributed by atoms with Crippen LogP contribution in [-0.2, 0) is 9.53 Å². The van der Waals surface area contributed by atoms with Crippen LogP contribution in [0.5, 0.6) is 0 Å². The number of rotatable bonds is 3. The lowest BCUT2D eigenvalue weighted by molar-refractivity contribution is -0.138. The minimum atomic E-state index is -0.174. The highest BCUT2D eigenvalue weighted by Crippen LogP contribution is 2.33. The van der Waals surface area contributed by atoms with Crippen molar-refractivity contribution < 1.29 is 9.53 Å². The van der Waals surface area contributed by atoms with E-state index in [1.807, 2.05) is 25.6 Å². The number of hydrogen-bond acceptors (Lipinski definition) is 3. The van der Waals surface area contributed by atoms with Crippen molar-refractivity contribution in [1.82, 2.24) is 0 Å². The van der Waals surface area contributed by atoms with Crippen LogP contribution in [0.1, 0.15) is 27.2 Å². The summed E-state index contributed by atoms with van der Waals surface area (Å²) in [4.78, 5) is 11.3. The van der Waals surface area contributed by atoms with Crippen molar-refractivity contribution in [3.8, 4) is 0 Å². The number of esters is 1. The van der Waals surface area contributed by atoms with E-state index in [0.29, 0.717) is 17.8 Å². The zero-order valence-corrected chi connectivity index (χ0v) is 9.89. The largest absolute Gasteiger partial charge is 0.463 e. The predicted octanol–water partition coefficient (Wildman–Crippen LogP) is 2.64. The molecule has 0 N–H and O–H groups in total. The Hall–Kier alpha value is -0.440. The van der Waals surface area contributed by atoms with Crippen molar-refractivity contribution in [2.24, 2.45) is 5.92 Å². The normalized spacial score (nSPS) is 27.8. The van der Waals surface area contributed by atoms with E-state index in [1.165, 1.54) is 12.2 Å². The fourth-order valence-electron chi connectivity index (χ4n) is 1.49. The lowest BCUT2D eigenvalue weighted by atomic mass is 10.0. The monoisotopic (exact) mass is 214 g/mol. The van der Waals surface area contributed by atoms with Gasteiger partial charge in [0.1, 0.15) is 0 Å². The molecule has 0 amide bonds. The standard InChI is InChI=1S/C11H18O2S/c1-4-13-11(12)9(3)7-10-8(2)5-6-14-10/h7-8,10H,4-6H2,1-3H3/b9-7+. The number of carbonyl (C=O) groups is 1. The quantitative estimate of drug-likeness (QED) is 0.533. The summed E-state index contributed by atoms with van der Waals surface area (Å²) >= 11 is 1.93. The molecule has 1 aliphatic heterocycles. The molecule has 0 aromatic heterocycles. The van der Waals surface area contributed by atoms with E-state index in [1.54, 1.807) is 0 Å². The van der Waals surface area contributed by atoms with Crippen LogP contribution in [0.4, 0.5) is 0 Å². The molecule has 2 unspecified atom stereocenters. The molecular weight excluding hydrogens is 196 g/mol. The molecule has 1 heterocycles. The summed E-state index contributed by atoms with van der Waals surface area (Å²) in [5, 5.41) is 0.499. The summed E-state index contributed by atoms with van der Waals surface area (Å²) in [6, 6.07) is 0. The number of thioether (sulfide) groups is 1. The van der Waals surface area contributed by atoms with Gasteiger partial charge in [-0.05, 0) is 31.9 Å². The van der Waals surface area contributed by atoms with E-state index in [-0.39, 0.29) is 5.97 Å². The third kappa shape index (κ3) is 3.05. The molecule has 2 atom stereocenters. The molecule has 1 rings (SSSR count). The Labute approximate surface area is 90.1 Å². The van der Waals surface area contributed by atoms with Gasteiger partial charge in [0.25, 0.3) is 0 Å². The molecule has 14 heavy (non-hydrogen) atoms. The Morgan fingerprint density at radius 2 is 2.36 bits per heavy atom. The molecule has 2 nitrogen and oxygen atoms in total. The molecule has 80 valence electrons. The van der Waals surface area contributed by atoms with Gasteiger partial charge in [-0.25, -0.2) is 4.79 Å². The van der Waals surface area contributed by atoms with Gasteiger partial charge in [-0.1, -0.05) is 13.0 Å². The highest BCUT2D eigenvalue weighted by Gasteiger charge is 2.22. The fourth-order valence-corrected chi connectivity index (χ4v) is 3.04. The average molecular weight is 214 g/mol. The maximum Gasteiger partial charge on any atom is 0.333 e. The van der Waals surface area contributed by atoms with Crippen LogP contribution in [0, 0.1) is 5.92 Å². The molecule has 0 aliphatic carbocycles. The van der Waals surface area contributed by atoms with E-state index < -0.39 is 0 Å². The number of carbonyl (C=O) groups excluding carboxylic acids is 1. The van der Waals surface area contributed by atoms with Gasteiger partial charge in [0, 0.05) is 10.8 Å². The van der Waals surface area contributed by atoms with Crippen LogP contribution in [-0.4, -0.2) is 23.6 Å². The topological polar surface area (TPSA) is 26.3 Å². The smallest absolute Gasteiger partial charge is 0.333 e. The van der Waals surface area contributed by atoms with Crippen LogP contribution < -0.4 is 0 Å². The predicted molar refractivity (Wildman–Crippen MR) is 60.4 cm³/mol. The van der Waals surface area contributed by atoms with E-state index in [4.69, 9.17) is 4.74 Å². The van der Waals surface area contributed by atoms with E-state index >= 15 is 0 Å². The second-order valence-electron chi connectivity index (χ2n) is 3.67. The van der Waals surface area contributed by atoms with Crippen LogP contribution in [0.2, 0.25) is 0 Å².